The average Bonchev–Trinajstić information content (AvgIpc) is 2.78. The lowest BCUT2D eigenvalue weighted by Gasteiger charge is -2.26. The van der Waals surface area contributed by atoms with E-state index in [9.17, 15) is 23.3 Å². The predicted octanol–water partition coefficient (Wildman–Crippen LogP) is 2.30. The van der Waals surface area contributed by atoms with Gasteiger partial charge < -0.3 is 19.5 Å². The zero-order valence-electron chi connectivity index (χ0n) is 16.9. The second kappa shape index (κ2) is 10.1. The van der Waals surface area contributed by atoms with E-state index in [-0.39, 0.29) is 45.9 Å². The standard InChI is InChI=1S/C19H20ClN3O8S/c1-29-17-5-3-14(32(27,28)22-6-8-30-9-7-22)11-15(17)21-19(24)12-31-18-4-2-13(20)10-16(18)23(25)26/h2-5,10-11H,6-9,12H2,1H3,(H,21,24). The Balaban J connectivity index is 1.76. The molecule has 0 aliphatic carbocycles. The summed E-state index contributed by atoms with van der Waals surface area (Å²) in [5, 5.41) is 13.8. The van der Waals surface area contributed by atoms with E-state index in [1.54, 1.807) is 0 Å². The molecule has 0 bridgehead atoms. The molecule has 1 heterocycles. The maximum absolute atomic E-state index is 12.9. The number of carbonyl (C=O) groups excluding carboxylic acids is 1. The number of hydrogen-bond acceptors (Lipinski definition) is 8. The molecule has 1 N–H and O–H groups in total. The highest BCUT2D eigenvalue weighted by molar-refractivity contribution is 7.89. The molecule has 0 radical (unpaired) electrons. The summed E-state index contributed by atoms with van der Waals surface area (Å²) in [6, 6.07) is 7.87. The third-order valence-electron chi connectivity index (χ3n) is 4.53. The molecule has 172 valence electrons. The van der Waals surface area contributed by atoms with Crippen LogP contribution in [0.2, 0.25) is 5.02 Å². The van der Waals surface area contributed by atoms with Gasteiger partial charge in [0.1, 0.15) is 5.75 Å². The second-order valence-corrected chi connectivity index (χ2v) is 8.96. The van der Waals surface area contributed by atoms with Crippen molar-refractivity contribution in [2.45, 2.75) is 4.90 Å². The molecule has 32 heavy (non-hydrogen) atoms. The number of hydrogen-bond donors (Lipinski definition) is 1. The fourth-order valence-electron chi connectivity index (χ4n) is 2.97. The molecule has 1 aliphatic heterocycles. The lowest BCUT2D eigenvalue weighted by Crippen LogP contribution is -2.40. The van der Waals surface area contributed by atoms with E-state index >= 15 is 0 Å². The lowest BCUT2D eigenvalue weighted by atomic mass is 10.3. The summed E-state index contributed by atoms with van der Waals surface area (Å²) in [5.41, 5.74) is -0.275. The number of nitrogens with one attached hydrogen (secondary N) is 1. The Morgan fingerprint density at radius 2 is 1.91 bits per heavy atom. The number of morpholine rings is 1. The summed E-state index contributed by atoms with van der Waals surface area (Å²) >= 11 is 5.76. The van der Waals surface area contributed by atoms with Crippen molar-refractivity contribution in [3.63, 3.8) is 0 Å². The summed E-state index contributed by atoms with van der Waals surface area (Å²) in [7, 11) is -2.42. The summed E-state index contributed by atoms with van der Waals surface area (Å²) in [4.78, 5) is 22.8. The van der Waals surface area contributed by atoms with Crippen LogP contribution in [0.15, 0.2) is 41.3 Å². The number of rotatable bonds is 8. The number of ether oxygens (including phenoxy) is 3. The van der Waals surface area contributed by atoms with E-state index in [1.165, 1.54) is 41.7 Å². The van der Waals surface area contributed by atoms with Gasteiger partial charge in [-0.05, 0) is 30.3 Å². The van der Waals surface area contributed by atoms with Gasteiger partial charge in [0.15, 0.2) is 12.4 Å². The van der Waals surface area contributed by atoms with E-state index in [2.05, 4.69) is 5.32 Å². The van der Waals surface area contributed by atoms with Crippen LogP contribution in [-0.4, -0.2) is 63.6 Å². The fraction of sp³-hybridized carbons (Fsp3) is 0.316. The molecule has 3 rings (SSSR count). The molecule has 0 spiro atoms. The molecule has 0 atom stereocenters. The van der Waals surface area contributed by atoms with E-state index in [4.69, 9.17) is 25.8 Å². The number of amides is 1. The number of halogens is 1. The molecular formula is C19H20ClN3O8S. The third-order valence-corrected chi connectivity index (χ3v) is 6.66. The maximum Gasteiger partial charge on any atom is 0.312 e. The number of anilines is 1. The van der Waals surface area contributed by atoms with Crippen LogP contribution in [0, 0.1) is 10.1 Å². The Hall–Kier alpha value is -2.93. The van der Waals surface area contributed by atoms with E-state index in [0.29, 0.717) is 13.2 Å². The first kappa shape index (κ1) is 23.7. The molecule has 2 aromatic carbocycles. The van der Waals surface area contributed by atoms with Gasteiger partial charge in [-0.15, -0.1) is 0 Å². The monoisotopic (exact) mass is 485 g/mol. The van der Waals surface area contributed by atoms with E-state index in [1.807, 2.05) is 0 Å². The lowest BCUT2D eigenvalue weighted by molar-refractivity contribution is -0.385. The van der Waals surface area contributed by atoms with Gasteiger partial charge in [0.05, 0.1) is 35.8 Å². The normalized spacial score (nSPS) is 14.6. The first-order valence-corrected chi connectivity index (χ1v) is 11.2. The molecule has 1 aliphatic rings. The molecular weight excluding hydrogens is 466 g/mol. The van der Waals surface area contributed by atoms with Crippen LogP contribution >= 0.6 is 11.6 Å². The Morgan fingerprint density at radius 1 is 1.22 bits per heavy atom. The summed E-state index contributed by atoms with van der Waals surface area (Å²) in [6.45, 7) is 0.486. The molecule has 0 saturated carbocycles. The van der Waals surface area contributed by atoms with Gasteiger partial charge in [0.2, 0.25) is 10.0 Å². The molecule has 1 amide bonds. The maximum atomic E-state index is 12.9. The number of nitro benzene ring substituents is 1. The van der Waals surface area contributed by atoms with Crippen LogP contribution < -0.4 is 14.8 Å². The number of benzene rings is 2. The zero-order valence-corrected chi connectivity index (χ0v) is 18.5. The molecule has 13 heteroatoms. The highest BCUT2D eigenvalue weighted by Crippen LogP contribution is 2.31. The smallest absolute Gasteiger partial charge is 0.312 e. The molecule has 0 unspecified atom stereocenters. The molecule has 2 aromatic rings. The minimum Gasteiger partial charge on any atom is -0.495 e. The van der Waals surface area contributed by atoms with Gasteiger partial charge in [-0.2, -0.15) is 4.31 Å². The Bertz CT molecular complexity index is 1120. The van der Waals surface area contributed by atoms with Gasteiger partial charge in [-0.1, -0.05) is 11.6 Å². The number of nitrogens with zero attached hydrogens (tertiary/aromatic N) is 2. The van der Waals surface area contributed by atoms with Gasteiger partial charge in [-0.3, -0.25) is 14.9 Å². The van der Waals surface area contributed by atoms with Crippen molar-refractivity contribution in [1.29, 1.82) is 0 Å². The van der Waals surface area contributed by atoms with Crippen LogP contribution in [0.4, 0.5) is 11.4 Å². The summed E-state index contributed by atoms with van der Waals surface area (Å²) < 4.78 is 42.7. The first-order valence-electron chi connectivity index (χ1n) is 9.35. The average molecular weight is 486 g/mol. The zero-order chi connectivity index (χ0) is 23.3. The topological polar surface area (TPSA) is 137 Å². The van der Waals surface area contributed by atoms with Crippen molar-refractivity contribution in [1.82, 2.24) is 4.31 Å². The van der Waals surface area contributed by atoms with Crippen LogP contribution in [0.5, 0.6) is 11.5 Å². The van der Waals surface area contributed by atoms with E-state index in [0.717, 1.165) is 6.07 Å². The Labute approximate surface area is 189 Å². The second-order valence-electron chi connectivity index (χ2n) is 6.58. The van der Waals surface area contributed by atoms with Crippen molar-refractivity contribution in [3.05, 3.63) is 51.5 Å². The molecule has 1 saturated heterocycles. The van der Waals surface area contributed by atoms with Crippen molar-refractivity contribution < 1.29 is 32.3 Å². The quantitative estimate of drug-likeness (QED) is 0.444. The summed E-state index contributed by atoms with van der Waals surface area (Å²) in [6.07, 6.45) is 0. The fourth-order valence-corrected chi connectivity index (χ4v) is 4.57. The van der Waals surface area contributed by atoms with Crippen LogP contribution in [0.3, 0.4) is 0 Å². The molecule has 11 nitrogen and oxygen atoms in total. The SMILES string of the molecule is COc1ccc(S(=O)(=O)N2CCOCC2)cc1NC(=O)COc1ccc(Cl)cc1[N+](=O)[O-]. The Morgan fingerprint density at radius 3 is 2.56 bits per heavy atom. The minimum absolute atomic E-state index is 0.0234. The van der Waals surface area contributed by atoms with Crippen molar-refractivity contribution >= 4 is 38.9 Å². The third kappa shape index (κ3) is 5.46. The van der Waals surface area contributed by atoms with Crippen LogP contribution in [0.1, 0.15) is 0 Å². The predicted molar refractivity (Wildman–Crippen MR) is 115 cm³/mol. The first-order chi connectivity index (χ1) is 15.2. The Kier molecular flexibility index (Phi) is 7.51. The largest absolute Gasteiger partial charge is 0.495 e. The van der Waals surface area contributed by atoms with Crippen molar-refractivity contribution in [2.75, 3.05) is 45.3 Å². The van der Waals surface area contributed by atoms with Crippen LogP contribution in [0.25, 0.3) is 0 Å². The number of sulfonamides is 1. The minimum atomic E-state index is -3.79. The highest BCUT2D eigenvalue weighted by Gasteiger charge is 2.27. The van der Waals surface area contributed by atoms with Gasteiger partial charge in [0, 0.05) is 24.2 Å². The van der Waals surface area contributed by atoms with Crippen molar-refractivity contribution in [2.24, 2.45) is 0 Å². The molecule has 0 aromatic heterocycles. The van der Waals surface area contributed by atoms with Gasteiger partial charge in [-0.25, -0.2) is 8.42 Å². The number of methoxy groups -OCH3 is 1. The number of nitro groups is 1. The van der Waals surface area contributed by atoms with Crippen LogP contribution in [-0.2, 0) is 19.6 Å². The summed E-state index contributed by atoms with van der Waals surface area (Å²) in [5.74, 6) is -0.574. The van der Waals surface area contributed by atoms with Gasteiger partial charge >= 0.3 is 5.69 Å². The van der Waals surface area contributed by atoms with Crippen molar-refractivity contribution in [3.8, 4) is 11.5 Å². The van der Waals surface area contributed by atoms with Gasteiger partial charge in [0.25, 0.3) is 5.91 Å². The number of carbonyl (C=O) groups is 1. The molecule has 1 fully saturated rings. The van der Waals surface area contributed by atoms with E-state index < -0.39 is 27.5 Å². The highest BCUT2D eigenvalue weighted by atomic mass is 35.5.